The van der Waals surface area contributed by atoms with Crippen LogP contribution in [0.4, 0.5) is 24.5 Å². The second kappa shape index (κ2) is 7.59. The van der Waals surface area contributed by atoms with Crippen LogP contribution in [0.1, 0.15) is 21.5 Å². The Labute approximate surface area is 164 Å². The predicted octanol–water partition coefficient (Wildman–Crippen LogP) is 3.79. The molecular weight excluding hydrogens is 409 g/mol. The number of aryl methyl sites for hydroxylation is 1. The van der Waals surface area contributed by atoms with Gasteiger partial charge in [0.25, 0.3) is 15.9 Å². The van der Waals surface area contributed by atoms with E-state index in [0.29, 0.717) is 0 Å². The van der Waals surface area contributed by atoms with Crippen LogP contribution in [0.2, 0.25) is 0 Å². The van der Waals surface area contributed by atoms with Gasteiger partial charge in [-0.1, -0.05) is 23.8 Å². The minimum Gasteiger partial charge on any atom is -0.322 e. The van der Waals surface area contributed by atoms with Crippen molar-refractivity contribution < 1.29 is 26.4 Å². The Morgan fingerprint density at radius 3 is 2.41 bits per heavy atom. The van der Waals surface area contributed by atoms with Gasteiger partial charge in [-0.05, 0) is 37.3 Å². The molecule has 29 heavy (non-hydrogen) atoms. The number of carbonyl (C=O) groups is 1. The number of carbonyl (C=O) groups excluding carboxylic acids is 1. The second-order valence-corrected chi connectivity index (χ2v) is 7.74. The average molecular weight is 424 g/mol. The van der Waals surface area contributed by atoms with E-state index in [-0.39, 0.29) is 16.9 Å². The number of rotatable bonds is 5. The summed E-state index contributed by atoms with van der Waals surface area (Å²) in [7, 11) is -4.19. The molecule has 1 heterocycles. The first-order valence-corrected chi connectivity index (χ1v) is 9.66. The van der Waals surface area contributed by atoms with Gasteiger partial charge in [-0.25, -0.2) is 0 Å². The molecule has 7 nitrogen and oxygen atoms in total. The number of anilines is 2. The van der Waals surface area contributed by atoms with E-state index in [9.17, 15) is 26.4 Å². The highest BCUT2D eigenvalue weighted by molar-refractivity contribution is 7.92. The van der Waals surface area contributed by atoms with E-state index >= 15 is 0 Å². The van der Waals surface area contributed by atoms with E-state index < -0.39 is 32.7 Å². The number of halogens is 3. The lowest BCUT2D eigenvalue weighted by Gasteiger charge is -2.11. The van der Waals surface area contributed by atoms with Crippen molar-refractivity contribution >= 4 is 27.3 Å². The average Bonchev–Trinajstić information content (AvgIpc) is 3.14. The molecule has 0 aliphatic heterocycles. The number of alkyl halides is 3. The maximum Gasteiger partial charge on any atom is 0.416 e. The third kappa shape index (κ3) is 4.74. The fraction of sp³-hybridized carbons (Fsp3) is 0.111. The maximum atomic E-state index is 12.8. The first-order chi connectivity index (χ1) is 13.6. The van der Waals surface area contributed by atoms with E-state index in [4.69, 9.17) is 0 Å². The highest BCUT2D eigenvalue weighted by Crippen LogP contribution is 2.31. The lowest BCUT2D eigenvalue weighted by molar-refractivity contribution is -0.137. The number of hydrogen-bond donors (Lipinski definition) is 3. The minimum absolute atomic E-state index is 0.138. The SMILES string of the molecule is Cc1ccc(NS(=O)(=O)c2[nH]ncc2C(=O)Nc2cccc(C(F)(F)F)c2)cc1. The number of benzene rings is 2. The molecule has 0 radical (unpaired) electrons. The Hall–Kier alpha value is -3.34. The molecule has 0 fully saturated rings. The fourth-order valence-corrected chi connectivity index (χ4v) is 3.60. The summed E-state index contributed by atoms with van der Waals surface area (Å²) >= 11 is 0. The molecule has 0 spiro atoms. The van der Waals surface area contributed by atoms with E-state index in [1.807, 2.05) is 6.92 Å². The summed E-state index contributed by atoms with van der Waals surface area (Å²) in [6, 6.07) is 10.5. The molecule has 3 N–H and O–H groups in total. The van der Waals surface area contributed by atoms with Crippen molar-refractivity contribution in [3.8, 4) is 0 Å². The molecule has 0 aliphatic carbocycles. The van der Waals surface area contributed by atoms with Crippen molar-refractivity contribution in [2.45, 2.75) is 18.1 Å². The van der Waals surface area contributed by atoms with Crippen molar-refractivity contribution in [1.29, 1.82) is 0 Å². The quantitative estimate of drug-likeness (QED) is 0.580. The molecule has 2 aromatic carbocycles. The smallest absolute Gasteiger partial charge is 0.322 e. The number of sulfonamides is 1. The van der Waals surface area contributed by atoms with Crippen LogP contribution in [-0.4, -0.2) is 24.5 Å². The first kappa shape index (κ1) is 20.4. The van der Waals surface area contributed by atoms with Crippen molar-refractivity contribution in [2.24, 2.45) is 0 Å². The van der Waals surface area contributed by atoms with Crippen LogP contribution in [-0.2, 0) is 16.2 Å². The summed E-state index contributed by atoms with van der Waals surface area (Å²) in [5.74, 6) is -0.928. The zero-order chi connectivity index (χ0) is 21.2. The Bertz CT molecular complexity index is 1140. The van der Waals surface area contributed by atoms with Gasteiger partial charge in [-0.2, -0.15) is 26.7 Å². The van der Waals surface area contributed by atoms with Crippen molar-refractivity contribution in [1.82, 2.24) is 10.2 Å². The molecule has 3 rings (SSSR count). The molecule has 0 bridgehead atoms. The summed E-state index contributed by atoms with van der Waals surface area (Å²) in [4.78, 5) is 12.5. The van der Waals surface area contributed by atoms with Crippen molar-refractivity contribution in [3.05, 3.63) is 71.4 Å². The fourth-order valence-electron chi connectivity index (χ4n) is 2.44. The molecule has 3 aromatic rings. The standard InChI is InChI=1S/C18H15F3N4O3S/c1-11-5-7-13(8-6-11)25-29(27,28)17-15(10-22-24-17)16(26)23-14-4-2-3-12(9-14)18(19,20)21/h2-10,25H,1H3,(H,22,24)(H,23,26). The molecule has 1 aromatic heterocycles. The van der Waals surface area contributed by atoms with Crippen LogP contribution < -0.4 is 10.0 Å². The van der Waals surface area contributed by atoms with Crippen LogP contribution in [0.3, 0.4) is 0 Å². The Morgan fingerprint density at radius 2 is 1.76 bits per heavy atom. The third-order valence-electron chi connectivity index (χ3n) is 3.87. The molecule has 0 aliphatic rings. The number of nitrogens with zero attached hydrogens (tertiary/aromatic N) is 1. The number of aromatic amines is 1. The van der Waals surface area contributed by atoms with E-state index in [1.165, 1.54) is 6.07 Å². The van der Waals surface area contributed by atoms with Gasteiger partial charge in [-0.3, -0.25) is 14.6 Å². The van der Waals surface area contributed by atoms with Crippen LogP contribution in [0.15, 0.2) is 59.8 Å². The number of H-pyrrole nitrogens is 1. The molecule has 0 saturated carbocycles. The summed E-state index contributed by atoms with van der Waals surface area (Å²) in [6.07, 6.45) is -3.60. The topological polar surface area (TPSA) is 104 Å². The van der Waals surface area contributed by atoms with E-state index in [2.05, 4.69) is 20.2 Å². The van der Waals surface area contributed by atoms with Gasteiger partial charge in [0.2, 0.25) is 0 Å². The van der Waals surface area contributed by atoms with Crippen molar-refractivity contribution in [2.75, 3.05) is 10.0 Å². The monoisotopic (exact) mass is 424 g/mol. The number of hydrogen-bond acceptors (Lipinski definition) is 4. The summed E-state index contributed by atoms with van der Waals surface area (Å²) in [5, 5.41) is 7.56. The van der Waals surface area contributed by atoms with Gasteiger partial charge in [0.15, 0.2) is 5.03 Å². The molecule has 0 saturated heterocycles. The Kier molecular flexibility index (Phi) is 5.33. The molecular formula is C18H15F3N4O3S. The molecule has 1 amide bonds. The third-order valence-corrected chi connectivity index (χ3v) is 5.22. The van der Waals surface area contributed by atoms with Gasteiger partial charge in [0.1, 0.15) is 0 Å². The van der Waals surface area contributed by atoms with Gasteiger partial charge >= 0.3 is 6.18 Å². The van der Waals surface area contributed by atoms with Crippen LogP contribution in [0.25, 0.3) is 0 Å². The zero-order valence-corrected chi connectivity index (χ0v) is 15.7. The van der Waals surface area contributed by atoms with E-state index in [0.717, 1.165) is 30.0 Å². The zero-order valence-electron chi connectivity index (χ0n) is 14.9. The van der Waals surface area contributed by atoms with Gasteiger partial charge in [0, 0.05) is 11.4 Å². The molecule has 11 heteroatoms. The Balaban J connectivity index is 1.84. The van der Waals surface area contributed by atoms with Crippen molar-refractivity contribution in [3.63, 3.8) is 0 Å². The lowest BCUT2D eigenvalue weighted by atomic mass is 10.2. The predicted molar refractivity (Wildman–Crippen MR) is 100.0 cm³/mol. The minimum atomic E-state index is -4.58. The van der Waals surface area contributed by atoms with Crippen LogP contribution >= 0.6 is 0 Å². The highest BCUT2D eigenvalue weighted by Gasteiger charge is 2.31. The summed E-state index contributed by atoms with van der Waals surface area (Å²) in [5.41, 5.74) is -0.232. The second-order valence-electron chi connectivity index (χ2n) is 6.12. The maximum absolute atomic E-state index is 12.8. The Morgan fingerprint density at radius 1 is 1.07 bits per heavy atom. The number of aromatic nitrogens is 2. The number of nitrogens with one attached hydrogen (secondary N) is 3. The normalized spacial score (nSPS) is 11.9. The van der Waals surface area contributed by atoms with Gasteiger partial charge in [-0.15, -0.1) is 0 Å². The van der Waals surface area contributed by atoms with E-state index in [1.54, 1.807) is 24.3 Å². The largest absolute Gasteiger partial charge is 0.416 e. The van der Waals surface area contributed by atoms with Crippen LogP contribution in [0, 0.1) is 6.92 Å². The lowest BCUT2D eigenvalue weighted by Crippen LogP contribution is -2.20. The van der Waals surface area contributed by atoms with Gasteiger partial charge < -0.3 is 5.32 Å². The summed E-state index contributed by atoms with van der Waals surface area (Å²) < 4.78 is 66.0. The van der Waals surface area contributed by atoms with Gasteiger partial charge in [0.05, 0.1) is 17.3 Å². The molecule has 152 valence electrons. The first-order valence-electron chi connectivity index (χ1n) is 8.18. The molecule has 0 unspecified atom stereocenters. The van der Waals surface area contributed by atoms with Crippen LogP contribution in [0.5, 0.6) is 0 Å². The number of amides is 1. The molecule has 0 atom stereocenters. The highest BCUT2D eigenvalue weighted by atomic mass is 32.2. The summed E-state index contributed by atoms with van der Waals surface area (Å²) in [6.45, 7) is 1.84.